The molecular weight excluding hydrogens is 242 g/mol. The largest absolute Gasteiger partial charge is 0.399 e. The van der Waals surface area contributed by atoms with Crippen molar-refractivity contribution in [3.8, 4) is 11.1 Å². The molecule has 1 heterocycles. The molecule has 0 saturated heterocycles. The number of nitrogens with two attached hydrogens (primary N) is 1. The predicted molar refractivity (Wildman–Crippen MR) is 76.8 cm³/mol. The van der Waals surface area contributed by atoms with Crippen LogP contribution in [0.15, 0.2) is 36.7 Å². The first-order valence-corrected chi connectivity index (χ1v) is 6.26. The van der Waals surface area contributed by atoms with Gasteiger partial charge in [0, 0.05) is 41.4 Å². The molecule has 1 atom stereocenters. The summed E-state index contributed by atoms with van der Waals surface area (Å²) in [6.07, 6.45) is 3.57. The lowest BCUT2D eigenvalue weighted by atomic mass is 10.1. The van der Waals surface area contributed by atoms with Crippen LogP contribution in [0.25, 0.3) is 11.1 Å². The van der Waals surface area contributed by atoms with Crippen LogP contribution in [0.2, 0.25) is 0 Å². The van der Waals surface area contributed by atoms with Crippen LogP contribution in [-0.4, -0.2) is 34.5 Å². The molecule has 0 bridgehead atoms. The molecule has 1 unspecified atom stereocenters. The minimum atomic E-state index is -0.683. The maximum atomic E-state index is 9.32. The van der Waals surface area contributed by atoms with Crippen LogP contribution in [0, 0.1) is 0 Å². The smallest absolute Gasteiger partial charge is 0.0787 e. The summed E-state index contributed by atoms with van der Waals surface area (Å²) in [5.74, 6) is 0. The van der Waals surface area contributed by atoms with Crippen LogP contribution in [0.3, 0.4) is 0 Å². The quantitative estimate of drug-likeness (QED) is 0.508. The lowest BCUT2D eigenvalue weighted by molar-refractivity contribution is 0.0911. The maximum Gasteiger partial charge on any atom is 0.0787 e. The van der Waals surface area contributed by atoms with Gasteiger partial charge in [0.15, 0.2) is 0 Å². The first-order valence-electron chi connectivity index (χ1n) is 6.26. The predicted octanol–water partition coefficient (Wildman–Crippen LogP) is 1.42. The molecule has 0 saturated carbocycles. The van der Waals surface area contributed by atoms with E-state index in [0.717, 1.165) is 16.8 Å². The SMILES string of the molecule is Nc1ccc(NCCC(O)CO)c(-c2cc[nH]c2)c1. The van der Waals surface area contributed by atoms with E-state index in [0.29, 0.717) is 18.7 Å². The number of H-pyrrole nitrogens is 1. The summed E-state index contributed by atoms with van der Waals surface area (Å²) in [6.45, 7) is 0.372. The van der Waals surface area contributed by atoms with Crippen molar-refractivity contribution in [1.82, 2.24) is 4.98 Å². The van der Waals surface area contributed by atoms with Gasteiger partial charge in [0.05, 0.1) is 12.7 Å². The van der Waals surface area contributed by atoms with Crippen molar-refractivity contribution in [1.29, 1.82) is 0 Å². The second-order valence-electron chi connectivity index (χ2n) is 4.46. The van der Waals surface area contributed by atoms with Crippen LogP contribution in [0.5, 0.6) is 0 Å². The van der Waals surface area contributed by atoms with Crippen molar-refractivity contribution in [3.63, 3.8) is 0 Å². The van der Waals surface area contributed by atoms with Crippen molar-refractivity contribution in [2.45, 2.75) is 12.5 Å². The van der Waals surface area contributed by atoms with E-state index >= 15 is 0 Å². The fourth-order valence-electron chi connectivity index (χ4n) is 1.91. The zero-order chi connectivity index (χ0) is 13.7. The van der Waals surface area contributed by atoms with Crippen LogP contribution in [0.1, 0.15) is 6.42 Å². The number of nitrogen functional groups attached to an aromatic ring is 1. The summed E-state index contributed by atoms with van der Waals surface area (Å²) in [5.41, 5.74) is 9.55. The second kappa shape index (κ2) is 6.26. The molecule has 0 aliphatic carbocycles. The Kier molecular flexibility index (Phi) is 4.43. The summed E-state index contributed by atoms with van der Waals surface area (Å²) >= 11 is 0. The molecular formula is C14H19N3O2. The first-order chi connectivity index (χ1) is 9.20. The Morgan fingerprint density at radius 3 is 2.84 bits per heavy atom. The highest BCUT2D eigenvalue weighted by Gasteiger charge is 2.07. The van der Waals surface area contributed by atoms with Crippen molar-refractivity contribution < 1.29 is 10.2 Å². The zero-order valence-corrected chi connectivity index (χ0v) is 10.6. The van der Waals surface area contributed by atoms with Crippen LogP contribution < -0.4 is 11.1 Å². The van der Waals surface area contributed by atoms with E-state index in [1.54, 1.807) is 0 Å². The van der Waals surface area contributed by atoms with E-state index in [2.05, 4.69) is 10.3 Å². The fourth-order valence-corrected chi connectivity index (χ4v) is 1.91. The number of nitrogens with one attached hydrogen (secondary N) is 2. The van der Waals surface area contributed by atoms with Crippen molar-refractivity contribution in [3.05, 3.63) is 36.7 Å². The molecule has 0 radical (unpaired) electrons. The van der Waals surface area contributed by atoms with E-state index in [4.69, 9.17) is 10.8 Å². The van der Waals surface area contributed by atoms with E-state index < -0.39 is 6.10 Å². The molecule has 102 valence electrons. The van der Waals surface area contributed by atoms with E-state index in [-0.39, 0.29) is 6.61 Å². The maximum absolute atomic E-state index is 9.32. The molecule has 5 nitrogen and oxygen atoms in total. The van der Waals surface area contributed by atoms with Crippen LogP contribution in [0.4, 0.5) is 11.4 Å². The summed E-state index contributed by atoms with van der Waals surface area (Å²) in [5, 5.41) is 21.3. The number of aliphatic hydroxyl groups is 2. The molecule has 2 aromatic rings. The molecule has 0 amide bonds. The Bertz CT molecular complexity index is 511. The Morgan fingerprint density at radius 1 is 1.32 bits per heavy atom. The number of aliphatic hydroxyl groups excluding tert-OH is 2. The normalized spacial score (nSPS) is 12.3. The standard InChI is InChI=1S/C14H19N3O2/c15-11-1-2-14(17-6-4-12(19)9-18)13(7-11)10-3-5-16-8-10/h1-3,5,7-8,12,16-19H,4,6,9,15H2. The van der Waals surface area contributed by atoms with Gasteiger partial charge in [-0.25, -0.2) is 0 Å². The second-order valence-corrected chi connectivity index (χ2v) is 4.46. The van der Waals surface area contributed by atoms with Crippen molar-refractivity contribution in [2.24, 2.45) is 0 Å². The Hall–Kier alpha value is -1.98. The van der Waals surface area contributed by atoms with Gasteiger partial charge < -0.3 is 26.2 Å². The molecule has 0 spiro atoms. The lowest BCUT2D eigenvalue weighted by Crippen LogP contribution is -2.17. The zero-order valence-electron chi connectivity index (χ0n) is 10.6. The Balaban J connectivity index is 2.12. The molecule has 6 N–H and O–H groups in total. The summed E-state index contributed by atoms with van der Waals surface area (Å²) in [6, 6.07) is 7.64. The minimum absolute atomic E-state index is 0.214. The fraction of sp³-hybridized carbons (Fsp3) is 0.286. The molecule has 0 fully saturated rings. The molecule has 1 aromatic carbocycles. The summed E-state index contributed by atoms with van der Waals surface area (Å²) in [4.78, 5) is 3.02. The van der Waals surface area contributed by atoms with Gasteiger partial charge in [0.2, 0.25) is 0 Å². The van der Waals surface area contributed by atoms with Gasteiger partial charge in [0.1, 0.15) is 0 Å². The molecule has 2 rings (SSSR count). The average Bonchev–Trinajstić information content (AvgIpc) is 2.94. The highest BCUT2D eigenvalue weighted by molar-refractivity contribution is 5.80. The molecule has 19 heavy (non-hydrogen) atoms. The first kappa shape index (κ1) is 13.5. The highest BCUT2D eigenvalue weighted by Crippen LogP contribution is 2.29. The van der Waals surface area contributed by atoms with E-state index in [1.807, 2.05) is 36.7 Å². The number of anilines is 2. The highest BCUT2D eigenvalue weighted by atomic mass is 16.3. The summed E-state index contributed by atoms with van der Waals surface area (Å²) in [7, 11) is 0. The van der Waals surface area contributed by atoms with Crippen molar-refractivity contribution in [2.75, 3.05) is 24.2 Å². The van der Waals surface area contributed by atoms with Gasteiger partial charge in [-0.05, 0) is 30.7 Å². The number of aromatic amines is 1. The van der Waals surface area contributed by atoms with Gasteiger partial charge in [-0.1, -0.05) is 0 Å². The molecule has 0 aliphatic heterocycles. The summed E-state index contributed by atoms with van der Waals surface area (Å²) < 4.78 is 0. The van der Waals surface area contributed by atoms with Gasteiger partial charge in [-0.3, -0.25) is 0 Å². The third-order valence-electron chi connectivity index (χ3n) is 2.96. The van der Waals surface area contributed by atoms with Gasteiger partial charge in [0.25, 0.3) is 0 Å². The number of hydrogen-bond acceptors (Lipinski definition) is 4. The molecule has 1 aromatic heterocycles. The van der Waals surface area contributed by atoms with Crippen LogP contribution in [-0.2, 0) is 0 Å². The number of rotatable bonds is 6. The lowest BCUT2D eigenvalue weighted by Gasteiger charge is -2.13. The van der Waals surface area contributed by atoms with Crippen molar-refractivity contribution >= 4 is 11.4 Å². The number of hydrogen-bond donors (Lipinski definition) is 5. The van der Waals surface area contributed by atoms with Crippen LogP contribution >= 0.6 is 0 Å². The Morgan fingerprint density at radius 2 is 2.16 bits per heavy atom. The minimum Gasteiger partial charge on any atom is -0.399 e. The topological polar surface area (TPSA) is 94.3 Å². The monoisotopic (exact) mass is 261 g/mol. The number of aromatic nitrogens is 1. The number of benzene rings is 1. The van der Waals surface area contributed by atoms with Gasteiger partial charge >= 0.3 is 0 Å². The third-order valence-corrected chi connectivity index (χ3v) is 2.96. The van der Waals surface area contributed by atoms with E-state index in [9.17, 15) is 5.11 Å². The Labute approximate surface area is 112 Å². The molecule has 5 heteroatoms. The van der Waals surface area contributed by atoms with E-state index in [1.165, 1.54) is 0 Å². The third kappa shape index (κ3) is 3.49. The molecule has 0 aliphatic rings. The van der Waals surface area contributed by atoms with Gasteiger partial charge in [-0.2, -0.15) is 0 Å². The van der Waals surface area contributed by atoms with Gasteiger partial charge in [-0.15, -0.1) is 0 Å². The average molecular weight is 261 g/mol.